The van der Waals surface area contributed by atoms with Crippen LogP contribution in [0.15, 0.2) is 48.5 Å². The Morgan fingerprint density at radius 2 is 1.76 bits per heavy atom. The van der Waals surface area contributed by atoms with Gasteiger partial charge in [0.05, 0.1) is 25.5 Å². The highest BCUT2D eigenvalue weighted by Crippen LogP contribution is 2.31. The average Bonchev–Trinajstić information content (AvgIpc) is 3.34. The Balaban J connectivity index is 1.55. The number of carbonyl (C=O) groups is 3. The van der Waals surface area contributed by atoms with E-state index < -0.39 is 18.5 Å². The largest absolute Gasteiger partial charge is 0.493 e. The van der Waals surface area contributed by atoms with Crippen molar-refractivity contribution in [2.45, 2.75) is 31.7 Å². The summed E-state index contributed by atoms with van der Waals surface area (Å²) >= 11 is 0. The normalized spacial score (nSPS) is 13.5. The average molecular weight is 453 g/mol. The second kappa shape index (κ2) is 11.7. The first-order valence-electron chi connectivity index (χ1n) is 10.8. The van der Waals surface area contributed by atoms with E-state index in [2.05, 4.69) is 10.6 Å². The maximum absolute atomic E-state index is 12.6. The minimum atomic E-state index is -0.692. The van der Waals surface area contributed by atoms with Gasteiger partial charge in [0.15, 0.2) is 18.1 Å². The van der Waals surface area contributed by atoms with E-state index in [1.807, 2.05) is 0 Å². The fourth-order valence-electron chi connectivity index (χ4n) is 3.70. The lowest BCUT2D eigenvalue weighted by atomic mass is 10.1. The molecule has 0 radical (unpaired) electrons. The number of nitrogens with one attached hydrogen (secondary N) is 2. The number of esters is 1. The molecule has 1 aliphatic carbocycles. The predicted molar refractivity (Wildman–Crippen MR) is 124 cm³/mol. The van der Waals surface area contributed by atoms with Crippen LogP contribution in [0.4, 0.5) is 5.69 Å². The van der Waals surface area contributed by atoms with Gasteiger partial charge in [-0.25, -0.2) is 4.79 Å². The summed E-state index contributed by atoms with van der Waals surface area (Å²) in [6.45, 7) is -0.489. The van der Waals surface area contributed by atoms with Gasteiger partial charge in [0.25, 0.3) is 11.8 Å². The number of methoxy groups -OCH3 is 2. The first-order chi connectivity index (χ1) is 16.0. The zero-order chi connectivity index (χ0) is 23.6. The molecule has 2 N–H and O–H groups in total. The third kappa shape index (κ3) is 6.58. The summed E-state index contributed by atoms with van der Waals surface area (Å²) in [5, 5.41) is 5.65. The van der Waals surface area contributed by atoms with Crippen LogP contribution in [0.25, 0.3) is 6.08 Å². The number of anilines is 1. The molecule has 0 saturated heterocycles. The quantitative estimate of drug-likeness (QED) is 0.445. The van der Waals surface area contributed by atoms with E-state index in [4.69, 9.17) is 14.2 Å². The number of hydrogen-bond donors (Lipinski definition) is 2. The molecule has 3 rings (SSSR count). The first-order valence-corrected chi connectivity index (χ1v) is 10.8. The lowest BCUT2D eigenvalue weighted by Crippen LogP contribution is -2.33. The lowest BCUT2D eigenvalue weighted by Gasteiger charge is -2.15. The van der Waals surface area contributed by atoms with Crippen LogP contribution in [0.2, 0.25) is 0 Å². The van der Waals surface area contributed by atoms with Crippen molar-refractivity contribution >= 4 is 29.5 Å². The van der Waals surface area contributed by atoms with Crippen molar-refractivity contribution in [2.75, 3.05) is 26.1 Å². The van der Waals surface area contributed by atoms with Crippen molar-refractivity contribution in [3.8, 4) is 11.5 Å². The molecule has 0 aromatic heterocycles. The van der Waals surface area contributed by atoms with Crippen LogP contribution >= 0.6 is 0 Å². The van der Waals surface area contributed by atoms with Crippen LogP contribution in [-0.2, 0) is 14.3 Å². The smallest absolute Gasteiger partial charge is 0.331 e. The fraction of sp³-hybridized carbons (Fsp3) is 0.320. The highest BCUT2D eigenvalue weighted by molar-refractivity contribution is 6.04. The standard InChI is InChI=1S/C25H28N2O6/c1-31-21-13-7-8-17(24(21)32-2)14-15-23(29)33-16-22(28)27-20-12-6-5-11-19(20)25(30)26-18-9-3-4-10-18/h5-8,11-15,18H,3-4,9-10,16H2,1-2H3,(H,26,30)(H,27,28)/b15-14+. The summed E-state index contributed by atoms with van der Waals surface area (Å²) in [6, 6.07) is 12.2. The van der Waals surface area contributed by atoms with Crippen molar-refractivity contribution in [1.29, 1.82) is 0 Å². The third-order valence-electron chi connectivity index (χ3n) is 5.31. The Bertz CT molecular complexity index is 1030. The lowest BCUT2D eigenvalue weighted by molar-refractivity contribution is -0.142. The van der Waals surface area contributed by atoms with Gasteiger partial charge in [0, 0.05) is 17.7 Å². The van der Waals surface area contributed by atoms with E-state index in [1.54, 1.807) is 42.5 Å². The highest BCUT2D eigenvalue weighted by Gasteiger charge is 2.20. The molecule has 8 nitrogen and oxygen atoms in total. The molecule has 0 bridgehead atoms. The van der Waals surface area contributed by atoms with E-state index >= 15 is 0 Å². The molecule has 1 aliphatic rings. The summed E-state index contributed by atoms with van der Waals surface area (Å²) in [5.41, 5.74) is 1.36. The predicted octanol–water partition coefficient (Wildman–Crippen LogP) is 3.57. The minimum absolute atomic E-state index is 0.164. The highest BCUT2D eigenvalue weighted by atomic mass is 16.5. The number of hydrogen-bond acceptors (Lipinski definition) is 6. The molecule has 0 unspecified atom stereocenters. The van der Waals surface area contributed by atoms with E-state index in [0.29, 0.717) is 28.3 Å². The minimum Gasteiger partial charge on any atom is -0.493 e. The molecule has 2 amide bonds. The number of amides is 2. The SMILES string of the molecule is COc1cccc(/C=C/C(=O)OCC(=O)Nc2ccccc2C(=O)NC2CCCC2)c1OC. The van der Waals surface area contributed by atoms with Crippen molar-refractivity contribution < 1.29 is 28.6 Å². The van der Waals surface area contributed by atoms with E-state index in [9.17, 15) is 14.4 Å². The van der Waals surface area contributed by atoms with Crippen molar-refractivity contribution in [3.05, 3.63) is 59.7 Å². The molecule has 33 heavy (non-hydrogen) atoms. The van der Waals surface area contributed by atoms with Crippen LogP contribution in [0.1, 0.15) is 41.6 Å². The van der Waals surface area contributed by atoms with Gasteiger partial charge in [-0.1, -0.05) is 37.1 Å². The van der Waals surface area contributed by atoms with Gasteiger partial charge in [-0.05, 0) is 37.1 Å². The van der Waals surface area contributed by atoms with Crippen LogP contribution in [0.5, 0.6) is 11.5 Å². The fourth-order valence-corrected chi connectivity index (χ4v) is 3.70. The number of benzene rings is 2. The zero-order valence-corrected chi connectivity index (χ0v) is 18.8. The second-order valence-electron chi connectivity index (χ2n) is 7.57. The number of para-hydroxylation sites is 2. The van der Waals surface area contributed by atoms with Crippen LogP contribution < -0.4 is 20.1 Å². The topological polar surface area (TPSA) is 103 Å². The Morgan fingerprint density at radius 1 is 1.00 bits per heavy atom. The van der Waals surface area contributed by atoms with E-state index in [-0.39, 0.29) is 11.9 Å². The van der Waals surface area contributed by atoms with Crippen molar-refractivity contribution in [2.24, 2.45) is 0 Å². The van der Waals surface area contributed by atoms with Gasteiger partial charge >= 0.3 is 5.97 Å². The van der Waals surface area contributed by atoms with Crippen LogP contribution in [0.3, 0.4) is 0 Å². The molecule has 1 fully saturated rings. The summed E-state index contributed by atoms with van der Waals surface area (Å²) in [6.07, 6.45) is 6.86. The molecular formula is C25H28N2O6. The van der Waals surface area contributed by atoms with E-state index in [0.717, 1.165) is 25.7 Å². The van der Waals surface area contributed by atoms with Crippen LogP contribution in [-0.4, -0.2) is 44.7 Å². The van der Waals surface area contributed by atoms with Gasteiger partial charge in [-0.15, -0.1) is 0 Å². The summed E-state index contributed by atoms with van der Waals surface area (Å²) in [4.78, 5) is 37.0. The van der Waals surface area contributed by atoms with E-state index in [1.165, 1.54) is 26.4 Å². The Hall–Kier alpha value is -3.81. The summed E-state index contributed by atoms with van der Waals surface area (Å²) in [5.74, 6) is -0.457. The third-order valence-corrected chi connectivity index (χ3v) is 5.31. The number of ether oxygens (including phenoxy) is 3. The molecule has 174 valence electrons. The Labute approximate surface area is 192 Å². The maximum atomic E-state index is 12.6. The zero-order valence-electron chi connectivity index (χ0n) is 18.8. The molecule has 0 heterocycles. The molecule has 0 atom stereocenters. The van der Waals surface area contributed by atoms with Gasteiger partial charge in [0.1, 0.15) is 0 Å². The monoisotopic (exact) mass is 452 g/mol. The Kier molecular flexibility index (Phi) is 8.46. The van der Waals surface area contributed by atoms with Gasteiger partial charge in [0.2, 0.25) is 0 Å². The molecule has 0 aliphatic heterocycles. The van der Waals surface area contributed by atoms with Gasteiger partial charge in [-0.2, -0.15) is 0 Å². The maximum Gasteiger partial charge on any atom is 0.331 e. The van der Waals surface area contributed by atoms with Crippen molar-refractivity contribution in [1.82, 2.24) is 5.32 Å². The molecule has 1 saturated carbocycles. The van der Waals surface area contributed by atoms with Crippen molar-refractivity contribution in [3.63, 3.8) is 0 Å². The first kappa shape index (κ1) is 23.8. The molecule has 8 heteroatoms. The Morgan fingerprint density at radius 3 is 2.48 bits per heavy atom. The molecule has 0 spiro atoms. The second-order valence-corrected chi connectivity index (χ2v) is 7.57. The van der Waals surface area contributed by atoms with Gasteiger partial charge < -0.3 is 24.8 Å². The summed E-state index contributed by atoms with van der Waals surface area (Å²) < 4.78 is 15.6. The molecule has 2 aromatic rings. The van der Waals surface area contributed by atoms with Crippen LogP contribution in [0, 0.1) is 0 Å². The van der Waals surface area contributed by atoms with Gasteiger partial charge in [-0.3, -0.25) is 9.59 Å². The summed E-state index contributed by atoms with van der Waals surface area (Å²) in [7, 11) is 3.03. The number of carbonyl (C=O) groups excluding carboxylic acids is 3. The number of rotatable bonds is 9. The molecule has 2 aromatic carbocycles. The molecular weight excluding hydrogens is 424 g/mol.